The van der Waals surface area contributed by atoms with Gasteiger partial charge in [-0.05, 0) is 74.2 Å². The number of ether oxygens (including phenoxy) is 1. The molecule has 364 valence electrons. The first-order valence-corrected chi connectivity index (χ1v) is 23.2. The molecule has 0 unspecified atom stereocenters. The molecule has 0 N–H and O–H groups in total. The van der Waals surface area contributed by atoms with Crippen molar-refractivity contribution in [2.75, 3.05) is 9.80 Å². The average molecular weight is 1130 g/mol. The van der Waals surface area contributed by atoms with Crippen molar-refractivity contribution in [2.45, 2.75) is 78.6 Å². The standard InChI is InChI=1S/C60H50F5N4O.Pt/c1-58(2,3)36-27-28-66-50(31-36)69-46-22-13-11-18-41(46)42-26-25-38(33-49(42)69)70-39-30-35(40-17-10-12-20-44(40)59(4,5)6)29-37(32-39)67-34-68(48-24-15-14-23-47(48)67)57-43(19-16-21-45(57)60(7,8)9)51-52(61)54(63)56(65)55(64)53(51)62;/h10-31,34H,1-9H3;/q-3;. The summed E-state index contributed by atoms with van der Waals surface area (Å²) in [5.41, 5.74) is 6.24. The minimum atomic E-state index is -2.22. The molecule has 0 saturated heterocycles. The van der Waals surface area contributed by atoms with Crippen molar-refractivity contribution in [3.8, 4) is 39.6 Å². The molecule has 0 radical (unpaired) electrons. The number of benzene rings is 7. The van der Waals surface area contributed by atoms with Crippen molar-refractivity contribution in [1.29, 1.82) is 0 Å². The molecule has 71 heavy (non-hydrogen) atoms. The summed E-state index contributed by atoms with van der Waals surface area (Å²) >= 11 is 0. The first kappa shape index (κ1) is 49.2. The van der Waals surface area contributed by atoms with E-state index in [1.165, 1.54) is 6.07 Å². The van der Waals surface area contributed by atoms with Crippen molar-refractivity contribution in [1.82, 2.24) is 9.55 Å². The fourth-order valence-corrected chi connectivity index (χ4v) is 9.49. The van der Waals surface area contributed by atoms with Crippen LogP contribution in [-0.4, -0.2) is 9.55 Å². The quantitative estimate of drug-likeness (QED) is 0.0689. The minimum absolute atomic E-state index is 0. The van der Waals surface area contributed by atoms with Crippen molar-refractivity contribution < 1.29 is 47.8 Å². The molecule has 5 nitrogen and oxygen atoms in total. The maximum absolute atomic E-state index is 15.9. The summed E-state index contributed by atoms with van der Waals surface area (Å²) in [5.74, 6) is -8.53. The minimum Gasteiger partial charge on any atom is -0.509 e. The molecule has 0 atom stereocenters. The molecule has 7 aromatic carbocycles. The van der Waals surface area contributed by atoms with Crippen molar-refractivity contribution in [2.24, 2.45) is 0 Å². The molecule has 3 heterocycles. The van der Waals surface area contributed by atoms with Crippen LogP contribution in [0.5, 0.6) is 11.5 Å². The maximum Gasteiger partial charge on any atom is 0.200 e. The fourth-order valence-electron chi connectivity index (χ4n) is 9.49. The second-order valence-electron chi connectivity index (χ2n) is 20.8. The number of aromatic nitrogens is 2. The van der Waals surface area contributed by atoms with E-state index in [1.54, 1.807) is 23.7 Å². The van der Waals surface area contributed by atoms with Gasteiger partial charge in [-0.25, -0.2) is 26.9 Å². The van der Waals surface area contributed by atoms with E-state index in [0.29, 0.717) is 34.1 Å². The van der Waals surface area contributed by atoms with Gasteiger partial charge in [-0.2, -0.15) is 6.07 Å². The summed E-state index contributed by atoms with van der Waals surface area (Å²) in [6.45, 7) is 20.5. The van der Waals surface area contributed by atoms with Gasteiger partial charge in [0.15, 0.2) is 23.3 Å². The SMILES string of the molecule is CC(C)(C)c1ccnc(-n2c3[c-]c(Oc4[c-]c(N5[CH-]N(c6c(-c7c(F)c(F)c(F)c(F)c7F)cccc6C(C)(C)C)c6ccccc65)cc(-c5ccccc5C(C)(C)C)c4)ccc3c3ccccc32)c1.[Pt]. The van der Waals surface area contributed by atoms with Gasteiger partial charge >= 0.3 is 0 Å². The van der Waals surface area contributed by atoms with Crippen LogP contribution in [0.2, 0.25) is 0 Å². The molecule has 1 aliphatic heterocycles. The summed E-state index contributed by atoms with van der Waals surface area (Å²) in [6, 6.07) is 47.8. The average Bonchev–Trinajstić information content (AvgIpc) is 3.88. The van der Waals surface area contributed by atoms with Gasteiger partial charge in [0.1, 0.15) is 5.82 Å². The summed E-state index contributed by atoms with van der Waals surface area (Å²) in [5, 5.41) is 2.02. The Morgan fingerprint density at radius 3 is 1.83 bits per heavy atom. The Kier molecular flexibility index (Phi) is 12.6. The van der Waals surface area contributed by atoms with Crippen LogP contribution in [0.15, 0.2) is 134 Å². The predicted octanol–water partition coefficient (Wildman–Crippen LogP) is 16.9. The first-order chi connectivity index (χ1) is 33.2. The van der Waals surface area contributed by atoms with E-state index in [-0.39, 0.29) is 43.1 Å². The molecule has 11 heteroatoms. The van der Waals surface area contributed by atoms with Crippen LogP contribution in [0.4, 0.5) is 44.7 Å². The molecule has 10 rings (SSSR count). The summed E-state index contributed by atoms with van der Waals surface area (Å²) in [6.07, 6.45) is 1.84. The number of para-hydroxylation sites is 4. The monoisotopic (exact) mass is 1130 g/mol. The largest absolute Gasteiger partial charge is 0.509 e. The Hall–Kier alpha value is -6.77. The van der Waals surface area contributed by atoms with Gasteiger partial charge in [0.2, 0.25) is 5.82 Å². The zero-order valence-electron chi connectivity index (χ0n) is 40.7. The van der Waals surface area contributed by atoms with Gasteiger partial charge in [0.05, 0.1) is 5.56 Å². The second-order valence-corrected chi connectivity index (χ2v) is 20.8. The number of fused-ring (bicyclic) bond motifs is 4. The second kappa shape index (κ2) is 18.1. The van der Waals surface area contributed by atoms with Crippen molar-refractivity contribution in [3.05, 3.63) is 198 Å². The van der Waals surface area contributed by atoms with E-state index in [2.05, 4.69) is 88.6 Å². The molecular formula is C60H50F5N4OPt-3. The van der Waals surface area contributed by atoms with Crippen LogP contribution in [0, 0.1) is 47.9 Å². The van der Waals surface area contributed by atoms with E-state index in [4.69, 9.17) is 9.72 Å². The smallest absolute Gasteiger partial charge is 0.200 e. The number of rotatable bonds is 7. The summed E-state index contributed by atoms with van der Waals surface area (Å²) in [7, 11) is 0. The fraction of sp³-hybridized carbons (Fsp3) is 0.200. The van der Waals surface area contributed by atoms with E-state index in [1.807, 2.05) is 111 Å². The Morgan fingerprint density at radius 1 is 0.535 bits per heavy atom. The van der Waals surface area contributed by atoms with E-state index in [0.717, 1.165) is 49.9 Å². The van der Waals surface area contributed by atoms with Gasteiger partial charge < -0.3 is 19.1 Å². The molecular weight excluding hydrogens is 1080 g/mol. The molecule has 2 aromatic heterocycles. The third kappa shape index (κ3) is 8.68. The molecule has 0 saturated carbocycles. The zero-order chi connectivity index (χ0) is 49.6. The van der Waals surface area contributed by atoms with Crippen LogP contribution in [0.3, 0.4) is 0 Å². The number of nitrogens with zero attached hydrogens (tertiary/aromatic N) is 4. The van der Waals surface area contributed by atoms with Crippen molar-refractivity contribution in [3.63, 3.8) is 0 Å². The third-order valence-corrected chi connectivity index (χ3v) is 12.9. The maximum atomic E-state index is 15.9. The normalized spacial score (nSPS) is 13.0. The molecule has 0 bridgehead atoms. The molecule has 0 aliphatic carbocycles. The van der Waals surface area contributed by atoms with Gasteiger partial charge in [-0.3, -0.25) is 0 Å². The Labute approximate surface area is 425 Å². The Bertz CT molecular complexity index is 3520. The number of pyridine rings is 1. The van der Waals surface area contributed by atoms with Crippen LogP contribution in [0.25, 0.3) is 49.9 Å². The van der Waals surface area contributed by atoms with Crippen LogP contribution in [-0.2, 0) is 37.3 Å². The predicted molar refractivity (Wildman–Crippen MR) is 271 cm³/mol. The summed E-state index contributed by atoms with van der Waals surface area (Å²) in [4.78, 5) is 8.48. The number of halogens is 5. The van der Waals surface area contributed by atoms with E-state index in [9.17, 15) is 4.39 Å². The topological polar surface area (TPSA) is 33.5 Å². The Morgan fingerprint density at radius 2 is 1.14 bits per heavy atom. The van der Waals surface area contributed by atoms with Crippen LogP contribution >= 0.6 is 0 Å². The zero-order valence-corrected chi connectivity index (χ0v) is 43.0. The summed E-state index contributed by atoms with van der Waals surface area (Å²) < 4.78 is 85.2. The van der Waals surface area contributed by atoms with Gasteiger partial charge in [0.25, 0.3) is 0 Å². The first-order valence-electron chi connectivity index (χ1n) is 23.2. The number of hydrogen-bond donors (Lipinski definition) is 0. The number of hydrogen-bond acceptors (Lipinski definition) is 4. The van der Waals surface area contributed by atoms with Gasteiger partial charge in [-0.1, -0.05) is 141 Å². The number of anilines is 4. The molecule has 0 amide bonds. The van der Waals surface area contributed by atoms with Crippen molar-refractivity contribution >= 4 is 44.6 Å². The van der Waals surface area contributed by atoms with Crippen LogP contribution in [0.1, 0.15) is 79.0 Å². The van der Waals surface area contributed by atoms with E-state index >= 15 is 17.6 Å². The molecule has 9 aromatic rings. The van der Waals surface area contributed by atoms with Gasteiger partial charge in [0, 0.05) is 66.9 Å². The Balaban J connectivity index is 0.00000624. The van der Waals surface area contributed by atoms with E-state index < -0.39 is 40.1 Å². The molecule has 1 aliphatic rings. The van der Waals surface area contributed by atoms with Crippen LogP contribution < -0.4 is 14.5 Å². The molecule has 0 spiro atoms. The third-order valence-electron chi connectivity index (χ3n) is 12.9. The molecule has 0 fully saturated rings. The van der Waals surface area contributed by atoms with Gasteiger partial charge in [-0.15, -0.1) is 53.6 Å².